The zero-order valence-corrected chi connectivity index (χ0v) is 15.7. The number of β-amino-alcohol motifs (C(OH)–C–C–N with tert-alkyl or cyclic N) is 1. The van der Waals surface area contributed by atoms with Crippen molar-refractivity contribution in [1.29, 1.82) is 0 Å². The lowest BCUT2D eigenvalue weighted by atomic mass is 10.2. The van der Waals surface area contributed by atoms with Gasteiger partial charge in [-0.05, 0) is 36.4 Å². The zero-order chi connectivity index (χ0) is 21.2. The van der Waals surface area contributed by atoms with E-state index in [1.54, 1.807) is 0 Å². The van der Waals surface area contributed by atoms with Gasteiger partial charge in [0.1, 0.15) is 17.6 Å². The summed E-state index contributed by atoms with van der Waals surface area (Å²) in [7, 11) is -4.21. The molecular weight excluding hydrogens is 413 g/mol. The number of anilines is 1. The summed E-state index contributed by atoms with van der Waals surface area (Å²) in [5, 5.41) is 12.3. The number of benzene rings is 2. The number of amides is 1. The maximum atomic E-state index is 13.1. The maximum absolute atomic E-state index is 13.1. The molecule has 2 atom stereocenters. The number of carbonyl (C=O) groups is 1. The highest BCUT2D eigenvalue weighted by atomic mass is 32.2. The van der Waals surface area contributed by atoms with Crippen LogP contribution in [0.3, 0.4) is 0 Å². The van der Waals surface area contributed by atoms with Crippen molar-refractivity contribution in [3.05, 3.63) is 54.3 Å². The van der Waals surface area contributed by atoms with E-state index in [0.29, 0.717) is 0 Å². The van der Waals surface area contributed by atoms with Gasteiger partial charge in [0, 0.05) is 13.0 Å². The largest absolute Gasteiger partial charge is 0.433 e. The number of aliphatic hydroxyl groups excluding tert-OH is 1. The van der Waals surface area contributed by atoms with E-state index in [2.05, 4.69) is 10.1 Å². The van der Waals surface area contributed by atoms with Crippen LogP contribution in [0.15, 0.2) is 53.4 Å². The number of nitrogens with zero attached hydrogens (tertiary/aromatic N) is 1. The van der Waals surface area contributed by atoms with Crippen molar-refractivity contribution in [1.82, 2.24) is 4.31 Å². The number of rotatable bonds is 6. The molecule has 0 aromatic heterocycles. The Hall–Kier alpha value is -2.63. The van der Waals surface area contributed by atoms with E-state index in [1.807, 2.05) is 0 Å². The fraction of sp³-hybridized carbons (Fsp3) is 0.278. The number of hydrogen-bond donors (Lipinski definition) is 2. The minimum atomic E-state index is -4.21. The second-order valence-corrected chi connectivity index (χ2v) is 8.19. The minimum absolute atomic E-state index is 0.0710. The Bertz CT molecular complexity index is 985. The molecule has 7 nitrogen and oxygen atoms in total. The van der Waals surface area contributed by atoms with Crippen LogP contribution < -0.4 is 10.1 Å². The van der Waals surface area contributed by atoms with Crippen LogP contribution in [0, 0.1) is 5.82 Å². The van der Waals surface area contributed by atoms with Crippen molar-refractivity contribution in [2.24, 2.45) is 0 Å². The minimum Gasteiger partial charge on any atom is -0.433 e. The van der Waals surface area contributed by atoms with Gasteiger partial charge >= 0.3 is 6.61 Å². The Morgan fingerprint density at radius 1 is 1.17 bits per heavy atom. The highest BCUT2D eigenvalue weighted by Crippen LogP contribution is 2.30. The van der Waals surface area contributed by atoms with Crippen molar-refractivity contribution in [3.63, 3.8) is 0 Å². The molecule has 0 unspecified atom stereocenters. The Morgan fingerprint density at radius 3 is 2.48 bits per heavy atom. The molecule has 0 saturated carbocycles. The van der Waals surface area contributed by atoms with Crippen molar-refractivity contribution in [2.45, 2.75) is 30.1 Å². The van der Waals surface area contributed by atoms with Crippen LogP contribution in [0.4, 0.5) is 18.9 Å². The van der Waals surface area contributed by atoms with Crippen LogP contribution in [0.2, 0.25) is 0 Å². The second-order valence-electron chi connectivity index (χ2n) is 6.30. The van der Waals surface area contributed by atoms with E-state index in [-0.39, 0.29) is 29.3 Å². The lowest BCUT2D eigenvalue weighted by Crippen LogP contribution is -2.43. The number of halogens is 3. The fourth-order valence-corrected chi connectivity index (χ4v) is 4.65. The first-order valence-electron chi connectivity index (χ1n) is 8.48. The van der Waals surface area contributed by atoms with Gasteiger partial charge in [-0.25, -0.2) is 12.8 Å². The number of para-hydroxylation sites is 2. The first-order chi connectivity index (χ1) is 13.7. The molecule has 2 aromatic rings. The van der Waals surface area contributed by atoms with E-state index in [9.17, 15) is 31.5 Å². The fourth-order valence-electron chi connectivity index (χ4n) is 3.01. The number of carbonyl (C=O) groups excluding carboxylic acids is 1. The summed E-state index contributed by atoms with van der Waals surface area (Å²) >= 11 is 0. The van der Waals surface area contributed by atoms with E-state index in [0.717, 1.165) is 28.6 Å². The van der Waals surface area contributed by atoms with Crippen molar-refractivity contribution in [3.8, 4) is 5.75 Å². The highest BCUT2D eigenvalue weighted by Gasteiger charge is 2.43. The quantitative estimate of drug-likeness (QED) is 0.733. The maximum Gasteiger partial charge on any atom is 0.387 e. The molecule has 2 aromatic carbocycles. The summed E-state index contributed by atoms with van der Waals surface area (Å²) in [6, 6.07) is 8.19. The molecule has 0 spiro atoms. The predicted molar refractivity (Wildman–Crippen MR) is 96.4 cm³/mol. The Balaban J connectivity index is 1.85. The number of aliphatic hydroxyl groups is 1. The van der Waals surface area contributed by atoms with Crippen LogP contribution in [-0.4, -0.2) is 49.0 Å². The number of hydrogen-bond acceptors (Lipinski definition) is 5. The van der Waals surface area contributed by atoms with E-state index >= 15 is 0 Å². The van der Waals surface area contributed by atoms with Gasteiger partial charge in [-0.15, -0.1) is 0 Å². The molecule has 2 N–H and O–H groups in total. The van der Waals surface area contributed by atoms with Crippen molar-refractivity contribution >= 4 is 21.6 Å². The number of alkyl halides is 2. The van der Waals surface area contributed by atoms with Gasteiger partial charge in [-0.3, -0.25) is 4.79 Å². The molecule has 3 rings (SSSR count). The summed E-state index contributed by atoms with van der Waals surface area (Å²) in [5.41, 5.74) is -0.0710. The zero-order valence-electron chi connectivity index (χ0n) is 14.8. The molecule has 156 valence electrons. The van der Waals surface area contributed by atoms with Crippen LogP contribution in [-0.2, 0) is 14.8 Å². The Labute approximate surface area is 164 Å². The monoisotopic (exact) mass is 430 g/mol. The number of nitrogens with one attached hydrogen (secondary N) is 1. The van der Waals surface area contributed by atoms with E-state index in [4.69, 9.17) is 0 Å². The first kappa shape index (κ1) is 21.1. The van der Waals surface area contributed by atoms with Crippen LogP contribution in [0.5, 0.6) is 5.75 Å². The predicted octanol–water partition coefficient (Wildman–Crippen LogP) is 2.19. The van der Waals surface area contributed by atoms with Crippen molar-refractivity contribution in [2.75, 3.05) is 11.9 Å². The SMILES string of the molecule is O=C(Nc1ccccc1OC(F)F)[C@H]1C[C@@H](O)CN1S(=O)(=O)c1ccc(F)cc1. The molecule has 1 amide bonds. The molecule has 1 saturated heterocycles. The summed E-state index contributed by atoms with van der Waals surface area (Å²) in [6.07, 6.45) is -1.29. The van der Waals surface area contributed by atoms with Gasteiger partial charge < -0.3 is 15.2 Å². The topological polar surface area (TPSA) is 95.9 Å². The van der Waals surface area contributed by atoms with Crippen molar-refractivity contribution < 1.29 is 36.2 Å². The molecule has 0 bridgehead atoms. The Morgan fingerprint density at radius 2 is 1.83 bits per heavy atom. The van der Waals surface area contributed by atoms with Gasteiger partial charge in [0.25, 0.3) is 0 Å². The number of sulfonamides is 1. The molecule has 29 heavy (non-hydrogen) atoms. The molecule has 0 radical (unpaired) electrons. The van der Waals surface area contributed by atoms with E-state index in [1.165, 1.54) is 24.3 Å². The Kier molecular flexibility index (Phi) is 6.10. The highest BCUT2D eigenvalue weighted by molar-refractivity contribution is 7.89. The van der Waals surface area contributed by atoms with E-state index < -0.39 is 40.5 Å². The summed E-state index contributed by atoms with van der Waals surface area (Å²) in [5.74, 6) is -1.74. The molecule has 1 aliphatic rings. The first-order valence-corrected chi connectivity index (χ1v) is 9.92. The molecule has 1 aliphatic heterocycles. The van der Waals surface area contributed by atoms with Crippen LogP contribution in [0.25, 0.3) is 0 Å². The smallest absolute Gasteiger partial charge is 0.387 e. The number of ether oxygens (including phenoxy) is 1. The van der Waals surface area contributed by atoms with Gasteiger partial charge in [0.15, 0.2) is 0 Å². The summed E-state index contributed by atoms with van der Waals surface area (Å²) in [4.78, 5) is 12.5. The molecule has 1 heterocycles. The molecule has 1 fully saturated rings. The normalized spacial score (nSPS) is 20.0. The standard InChI is InChI=1S/C18H17F3N2O5S/c19-11-5-7-13(8-6-11)29(26,27)23-10-12(24)9-15(23)17(25)22-14-3-1-2-4-16(14)28-18(20)21/h1-8,12,15,18,24H,9-10H2,(H,22,25)/t12-,15-/m1/s1. The van der Waals surface area contributed by atoms with Gasteiger partial charge in [-0.1, -0.05) is 12.1 Å². The summed E-state index contributed by atoms with van der Waals surface area (Å²) < 4.78 is 69.1. The second kappa shape index (κ2) is 8.39. The summed E-state index contributed by atoms with van der Waals surface area (Å²) in [6.45, 7) is -3.45. The van der Waals surface area contributed by atoms with Crippen LogP contribution in [0.1, 0.15) is 6.42 Å². The molecule has 11 heteroatoms. The third-order valence-electron chi connectivity index (χ3n) is 4.32. The average molecular weight is 430 g/mol. The third kappa shape index (κ3) is 4.69. The molecular formula is C18H17F3N2O5S. The average Bonchev–Trinajstić information content (AvgIpc) is 3.06. The lowest BCUT2D eigenvalue weighted by molar-refractivity contribution is -0.119. The lowest BCUT2D eigenvalue weighted by Gasteiger charge is -2.23. The molecule has 0 aliphatic carbocycles. The third-order valence-corrected chi connectivity index (χ3v) is 6.21. The van der Waals surface area contributed by atoms with Gasteiger partial charge in [0.2, 0.25) is 15.9 Å². The van der Waals surface area contributed by atoms with Gasteiger partial charge in [-0.2, -0.15) is 13.1 Å². The van der Waals surface area contributed by atoms with Crippen LogP contribution >= 0.6 is 0 Å². The van der Waals surface area contributed by atoms with Gasteiger partial charge in [0.05, 0.1) is 16.7 Å².